The first-order valence-corrected chi connectivity index (χ1v) is 16.4. The van der Waals surface area contributed by atoms with Crippen LogP contribution < -0.4 is 9.80 Å². The van der Waals surface area contributed by atoms with E-state index >= 15 is 0 Å². The van der Waals surface area contributed by atoms with E-state index in [9.17, 15) is 0 Å². The molecule has 0 aliphatic carbocycles. The summed E-state index contributed by atoms with van der Waals surface area (Å²) in [4.78, 5) is 4.72. The summed E-state index contributed by atoms with van der Waals surface area (Å²) < 4.78 is 1.02. The highest BCUT2D eigenvalue weighted by molar-refractivity contribution is 9.10. The number of para-hydroxylation sites is 1. The van der Waals surface area contributed by atoms with Crippen molar-refractivity contribution in [3.8, 4) is 0 Å². The lowest BCUT2D eigenvalue weighted by molar-refractivity contribution is 0.590. The van der Waals surface area contributed by atoms with E-state index in [2.05, 4.69) is 207 Å². The van der Waals surface area contributed by atoms with Gasteiger partial charge in [-0.05, 0) is 97.9 Å². The van der Waals surface area contributed by atoms with Gasteiger partial charge >= 0.3 is 0 Å². The zero-order chi connectivity index (χ0) is 31.8. The van der Waals surface area contributed by atoms with Crippen LogP contribution in [-0.2, 0) is 10.8 Å². The third-order valence-corrected chi connectivity index (χ3v) is 9.26. The van der Waals surface area contributed by atoms with Crippen molar-refractivity contribution in [2.75, 3.05) is 9.80 Å². The summed E-state index contributed by atoms with van der Waals surface area (Å²) in [5, 5.41) is 2.41. The van der Waals surface area contributed by atoms with Gasteiger partial charge in [-0.2, -0.15) is 0 Å². The molecule has 0 atom stereocenters. The molecular weight excluding hydrogens is 612 g/mol. The number of hydrogen-bond donors (Lipinski definition) is 0. The maximum Gasteiger partial charge on any atom is 0.0656 e. The molecule has 6 rings (SSSR count). The molecule has 0 heterocycles. The average Bonchev–Trinajstić information content (AvgIpc) is 3.03. The summed E-state index contributed by atoms with van der Waals surface area (Å²) in [5.74, 6) is 0. The third kappa shape index (κ3) is 6.28. The fourth-order valence-corrected chi connectivity index (χ4v) is 6.51. The maximum absolute atomic E-state index is 4.14. The predicted molar refractivity (Wildman–Crippen MR) is 198 cm³/mol. The largest absolute Gasteiger partial charge is 0.309 e. The minimum Gasteiger partial charge on any atom is -0.309 e. The second kappa shape index (κ2) is 12.2. The van der Waals surface area contributed by atoms with Crippen LogP contribution in [0.2, 0.25) is 0 Å². The number of rotatable bonds is 6. The molecule has 0 bridgehead atoms. The Balaban J connectivity index is 1.56. The predicted octanol–water partition coefficient (Wildman–Crippen LogP) is 13.1. The normalized spacial score (nSPS) is 11.9. The molecule has 0 saturated heterocycles. The van der Waals surface area contributed by atoms with Crippen LogP contribution in [0.15, 0.2) is 144 Å². The van der Waals surface area contributed by atoms with Crippen LogP contribution in [0.3, 0.4) is 0 Å². The second-order valence-corrected chi connectivity index (χ2v) is 14.5. The standard InChI is InChI=1S/C42H41BrN2/c1-41(2,3)31-22-26-34(27-23-31)44(35-28-24-32(25-29-35)42(4,5)6)38-20-13-21-39(40(38)43)45(33-16-8-7-9-17-33)37-19-12-15-30-14-10-11-18-36(30)37/h7-29H,1-6H3. The lowest BCUT2D eigenvalue weighted by atomic mass is 9.86. The summed E-state index contributed by atoms with van der Waals surface area (Å²) in [5.41, 5.74) is 9.37. The highest BCUT2D eigenvalue weighted by Gasteiger charge is 2.24. The molecule has 2 nitrogen and oxygen atoms in total. The van der Waals surface area contributed by atoms with Gasteiger partial charge in [0.2, 0.25) is 0 Å². The van der Waals surface area contributed by atoms with Crippen LogP contribution in [0.4, 0.5) is 34.1 Å². The summed E-state index contributed by atoms with van der Waals surface area (Å²) in [7, 11) is 0. The molecule has 0 saturated carbocycles. The molecule has 6 aromatic carbocycles. The molecule has 0 aromatic heterocycles. The average molecular weight is 654 g/mol. The molecule has 45 heavy (non-hydrogen) atoms. The molecule has 6 aromatic rings. The van der Waals surface area contributed by atoms with E-state index < -0.39 is 0 Å². The molecule has 0 fully saturated rings. The highest BCUT2D eigenvalue weighted by Crippen LogP contribution is 2.48. The van der Waals surface area contributed by atoms with Crippen molar-refractivity contribution >= 4 is 60.8 Å². The first-order valence-electron chi connectivity index (χ1n) is 15.6. The van der Waals surface area contributed by atoms with Crippen molar-refractivity contribution in [2.24, 2.45) is 0 Å². The Morgan fingerprint density at radius 3 is 1.38 bits per heavy atom. The van der Waals surface area contributed by atoms with Crippen molar-refractivity contribution in [3.63, 3.8) is 0 Å². The van der Waals surface area contributed by atoms with E-state index in [1.165, 1.54) is 21.9 Å². The van der Waals surface area contributed by atoms with Crippen LogP contribution in [-0.4, -0.2) is 0 Å². The summed E-state index contributed by atoms with van der Waals surface area (Å²) in [6.07, 6.45) is 0. The minimum absolute atomic E-state index is 0.0762. The van der Waals surface area contributed by atoms with Crippen molar-refractivity contribution in [1.29, 1.82) is 0 Å². The zero-order valence-corrected chi connectivity index (χ0v) is 28.6. The molecule has 0 radical (unpaired) electrons. The number of anilines is 6. The van der Waals surface area contributed by atoms with E-state index in [4.69, 9.17) is 0 Å². The molecular formula is C42H41BrN2. The molecule has 0 amide bonds. The number of hydrogen-bond acceptors (Lipinski definition) is 2. The Kier molecular flexibility index (Phi) is 8.33. The molecule has 0 aliphatic heterocycles. The van der Waals surface area contributed by atoms with Crippen LogP contribution in [0, 0.1) is 0 Å². The first kappa shape index (κ1) is 30.7. The van der Waals surface area contributed by atoms with Gasteiger partial charge in [-0.3, -0.25) is 0 Å². The molecule has 0 spiro atoms. The molecule has 0 N–H and O–H groups in total. The van der Waals surface area contributed by atoms with Gasteiger partial charge in [0.05, 0.1) is 21.5 Å². The summed E-state index contributed by atoms with van der Waals surface area (Å²) >= 11 is 4.14. The van der Waals surface area contributed by atoms with Crippen LogP contribution >= 0.6 is 15.9 Å². The lowest BCUT2D eigenvalue weighted by Gasteiger charge is -2.32. The van der Waals surface area contributed by atoms with E-state index in [-0.39, 0.29) is 10.8 Å². The van der Waals surface area contributed by atoms with Crippen molar-refractivity contribution in [1.82, 2.24) is 0 Å². The van der Waals surface area contributed by atoms with E-state index in [0.717, 1.165) is 38.6 Å². The van der Waals surface area contributed by atoms with Crippen molar-refractivity contribution in [2.45, 2.75) is 52.4 Å². The summed E-state index contributed by atoms with van der Waals surface area (Å²) in [6.45, 7) is 13.6. The monoisotopic (exact) mass is 652 g/mol. The van der Waals surface area contributed by atoms with E-state index in [1.807, 2.05) is 0 Å². The minimum atomic E-state index is 0.0762. The fraction of sp³-hybridized carbons (Fsp3) is 0.190. The Bertz CT molecular complexity index is 1850. The second-order valence-electron chi connectivity index (χ2n) is 13.7. The van der Waals surface area contributed by atoms with Gasteiger partial charge in [0.1, 0.15) is 0 Å². The smallest absolute Gasteiger partial charge is 0.0656 e. The highest BCUT2D eigenvalue weighted by atomic mass is 79.9. The lowest BCUT2D eigenvalue weighted by Crippen LogP contribution is -2.16. The molecule has 0 aliphatic rings. The molecule has 0 unspecified atom stereocenters. The van der Waals surface area contributed by atoms with Gasteiger partial charge in [-0.15, -0.1) is 0 Å². The van der Waals surface area contributed by atoms with Crippen molar-refractivity contribution in [3.05, 3.63) is 155 Å². The quantitative estimate of drug-likeness (QED) is 0.177. The number of nitrogens with zero attached hydrogens (tertiary/aromatic N) is 2. The Labute approximate surface area is 277 Å². The zero-order valence-electron chi connectivity index (χ0n) is 27.1. The van der Waals surface area contributed by atoms with Crippen LogP contribution in [0.1, 0.15) is 52.7 Å². The van der Waals surface area contributed by atoms with E-state index in [0.29, 0.717) is 0 Å². The topological polar surface area (TPSA) is 6.48 Å². The van der Waals surface area contributed by atoms with Gasteiger partial charge in [-0.1, -0.05) is 126 Å². The van der Waals surface area contributed by atoms with Crippen LogP contribution in [0.5, 0.6) is 0 Å². The number of fused-ring (bicyclic) bond motifs is 1. The maximum atomic E-state index is 4.14. The van der Waals surface area contributed by atoms with Gasteiger partial charge < -0.3 is 9.80 Å². The van der Waals surface area contributed by atoms with Crippen LogP contribution in [0.25, 0.3) is 10.8 Å². The Morgan fingerprint density at radius 2 is 0.822 bits per heavy atom. The SMILES string of the molecule is CC(C)(C)c1ccc(N(c2ccc(C(C)(C)C)cc2)c2cccc(N(c3ccccc3)c3cccc4ccccc34)c2Br)cc1. The molecule has 3 heteroatoms. The summed E-state index contributed by atoms with van der Waals surface area (Å²) in [6, 6.07) is 50.4. The van der Waals surface area contributed by atoms with E-state index in [1.54, 1.807) is 0 Å². The third-order valence-electron chi connectivity index (χ3n) is 8.44. The Morgan fingerprint density at radius 1 is 0.400 bits per heavy atom. The Hall–Kier alpha value is -4.34. The number of halogens is 1. The van der Waals surface area contributed by atoms with Gasteiger partial charge in [0.15, 0.2) is 0 Å². The van der Waals surface area contributed by atoms with Gasteiger partial charge in [-0.25, -0.2) is 0 Å². The number of benzene rings is 6. The fourth-order valence-electron chi connectivity index (χ4n) is 5.89. The van der Waals surface area contributed by atoms with Crippen molar-refractivity contribution < 1.29 is 0 Å². The van der Waals surface area contributed by atoms with Gasteiger partial charge in [0.25, 0.3) is 0 Å². The molecule has 226 valence electrons. The van der Waals surface area contributed by atoms with Gasteiger partial charge in [0, 0.05) is 22.4 Å². The first-order chi connectivity index (χ1) is 21.5.